The highest BCUT2D eigenvalue weighted by atomic mass is 16.5. The number of H-pyrrole nitrogens is 1. The summed E-state index contributed by atoms with van der Waals surface area (Å²) in [5.74, 6) is 3.05. The maximum absolute atomic E-state index is 6.44. The fourth-order valence-electron chi connectivity index (χ4n) is 4.46. The van der Waals surface area contributed by atoms with E-state index in [9.17, 15) is 0 Å². The molecule has 0 spiro atoms. The summed E-state index contributed by atoms with van der Waals surface area (Å²) in [6, 6.07) is 18.8. The standard InChI is InChI=1S/C26H23N7O/c1-2-6-25-28-20-8-3-4-9-21(20)33(25)16-17-10-11-18-14-19-7-5-12-27-26(19)23(34-22(18)13-17)15-24-29-31-32-30-24/h3-5,7-13,15H,2,6,14,16H2,1H3,(H,29,30,31,32). The molecular weight excluding hydrogens is 426 g/mol. The lowest BCUT2D eigenvalue weighted by Crippen LogP contribution is -2.06. The van der Waals surface area contributed by atoms with Crippen LogP contribution in [-0.2, 0) is 19.4 Å². The minimum atomic E-state index is 0.514. The van der Waals surface area contributed by atoms with Crippen LogP contribution in [0.4, 0.5) is 0 Å². The molecule has 0 bridgehead atoms. The fraction of sp³-hybridized carbons (Fsp3) is 0.192. The van der Waals surface area contributed by atoms with E-state index >= 15 is 0 Å². The van der Waals surface area contributed by atoms with Gasteiger partial charge in [0.1, 0.15) is 17.3 Å². The highest BCUT2D eigenvalue weighted by Gasteiger charge is 2.21. The molecule has 168 valence electrons. The zero-order chi connectivity index (χ0) is 22.9. The quantitative estimate of drug-likeness (QED) is 0.427. The summed E-state index contributed by atoms with van der Waals surface area (Å²) in [4.78, 5) is 9.46. The Labute approximate surface area is 196 Å². The van der Waals surface area contributed by atoms with Crippen molar-refractivity contribution in [2.45, 2.75) is 32.7 Å². The summed E-state index contributed by atoms with van der Waals surface area (Å²) in [6.45, 7) is 2.91. The maximum Gasteiger partial charge on any atom is 0.175 e. The van der Waals surface area contributed by atoms with Crippen LogP contribution in [0.15, 0.2) is 60.8 Å². The molecule has 3 aromatic heterocycles. The van der Waals surface area contributed by atoms with Gasteiger partial charge in [0.2, 0.25) is 0 Å². The molecule has 8 heteroatoms. The van der Waals surface area contributed by atoms with Crippen LogP contribution in [0.2, 0.25) is 0 Å². The number of tetrazole rings is 1. The van der Waals surface area contributed by atoms with Gasteiger partial charge in [-0.25, -0.2) is 10.1 Å². The average molecular weight is 450 g/mol. The van der Waals surface area contributed by atoms with Gasteiger partial charge < -0.3 is 9.30 Å². The Kier molecular flexibility index (Phi) is 5.10. The van der Waals surface area contributed by atoms with Crippen molar-refractivity contribution in [3.63, 3.8) is 0 Å². The third-order valence-corrected chi connectivity index (χ3v) is 6.03. The zero-order valence-electron chi connectivity index (χ0n) is 18.8. The number of aromatic amines is 1. The van der Waals surface area contributed by atoms with Crippen molar-refractivity contribution in [2.75, 3.05) is 0 Å². The van der Waals surface area contributed by atoms with Gasteiger partial charge in [0.05, 0.1) is 11.0 Å². The second-order valence-corrected chi connectivity index (χ2v) is 8.38. The number of fused-ring (bicyclic) bond motifs is 3. The number of imidazole rings is 1. The fourth-order valence-corrected chi connectivity index (χ4v) is 4.46. The predicted octanol–water partition coefficient (Wildman–Crippen LogP) is 4.43. The summed E-state index contributed by atoms with van der Waals surface area (Å²) < 4.78 is 8.75. The molecule has 0 fully saturated rings. The largest absolute Gasteiger partial charge is 0.455 e. The molecule has 1 aliphatic heterocycles. The van der Waals surface area contributed by atoms with Gasteiger partial charge in [-0.1, -0.05) is 37.3 Å². The van der Waals surface area contributed by atoms with E-state index in [1.807, 2.05) is 12.1 Å². The van der Waals surface area contributed by atoms with Crippen molar-refractivity contribution in [3.8, 4) is 5.75 Å². The second-order valence-electron chi connectivity index (χ2n) is 8.38. The van der Waals surface area contributed by atoms with Crippen LogP contribution in [0, 0.1) is 0 Å². The predicted molar refractivity (Wildman–Crippen MR) is 129 cm³/mol. The highest BCUT2D eigenvalue weighted by molar-refractivity contribution is 5.78. The second kappa shape index (κ2) is 8.55. The van der Waals surface area contributed by atoms with Crippen molar-refractivity contribution >= 4 is 22.9 Å². The first-order valence-electron chi connectivity index (χ1n) is 11.4. The molecule has 0 atom stereocenters. The summed E-state index contributed by atoms with van der Waals surface area (Å²) in [6.07, 6.45) is 6.29. The van der Waals surface area contributed by atoms with Gasteiger partial charge >= 0.3 is 0 Å². The summed E-state index contributed by atoms with van der Waals surface area (Å²) in [5, 5.41) is 14.1. The van der Waals surface area contributed by atoms with Crippen LogP contribution in [0.3, 0.4) is 0 Å². The molecule has 6 rings (SSSR count). The molecular formula is C26H23N7O. The van der Waals surface area contributed by atoms with Crippen LogP contribution in [-0.4, -0.2) is 35.2 Å². The van der Waals surface area contributed by atoms with Gasteiger partial charge in [-0.2, -0.15) is 0 Å². The molecule has 2 aromatic carbocycles. The molecule has 4 heterocycles. The molecule has 0 unspecified atom stereocenters. The van der Waals surface area contributed by atoms with E-state index in [1.165, 1.54) is 0 Å². The number of pyridine rings is 1. The molecule has 5 aromatic rings. The first-order chi connectivity index (χ1) is 16.8. The number of benzene rings is 2. The lowest BCUT2D eigenvalue weighted by Gasteiger charge is -2.13. The summed E-state index contributed by atoms with van der Waals surface area (Å²) in [5.41, 5.74) is 6.34. The SMILES string of the molecule is CCCc1nc2ccccc2n1Cc1ccc2c(c1)OC(=Cc1nnn[nH]1)c1ncccc1C2. The molecule has 1 N–H and O–H groups in total. The molecule has 1 aliphatic rings. The molecule has 0 aliphatic carbocycles. The Morgan fingerprint density at radius 3 is 2.91 bits per heavy atom. The molecule has 34 heavy (non-hydrogen) atoms. The van der Waals surface area contributed by atoms with Gasteiger partial charge in [0, 0.05) is 31.7 Å². The third kappa shape index (κ3) is 3.73. The van der Waals surface area contributed by atoms with E-state index in [2.05, 4.69) is 79.6 Å². The minimum absolute atomic E-state index is 0.514. The molecule has 0 saturated heterocycles. The van der Waals surface area contributed by atoms with Gasteiger partial charge in [-0.05, 0) is 57.8 Å². The number of hydrogen-bond acceptors (Lipinski definition) is 6. The van der Waals surface area contributed by atoms with E-state index in [0.717, 1.165) is 70.8 Å². The number of ether oxygens (including phenoxy) is 1. The number of hydrogen-bond donors (Lipinski definition) is 1. The van der Waals surface area contributed by atoms with Crippen molar-refractivity contribution in [2.24, 2.45) is 0 Å². The Morgan fingerprint density at radius 2 is 2.03 bits per heavy atom. The molecule has 0 radical (unpaired) electrons. The van der Waals surface area contributed by atoms with Gasteiger partial charge in [-0.15, -0.1) is 5.10 Å². The molecule has 0 amide bonds. The number of rotatable bonds is 5. The Hall–Kier alpha value is -4.33. The van der Waals surface area contributed by atoms with E-state index in [1.54, 1.807) is 12.3 Å². The first kappa shape index (κ1) is 20.3. The first-order valence-corrected chi connectivity index (χ1v) is 11.4. The van der Waals surface area contributed by atoms with Gasteiger partial charge in [0.15, 0.2) is 11.6 Å². The number of aryl methyl sites for hydroxylation is 1. The van der Waals surface area contributed by atoms with Gasteiger partial charge in [-0.3, -0.25) is 4.98 Å². The number of nitrogens with one attached hydrogen (secondary N) is 1. The van der Waals surface area contributed by atoms with Gasteiger partial charge in [0.25, 0.3) is 0 Å². The lowest BCUT2D eigenvalue weighted by atomic mass is 10.0. The van der Waals surface area contributed by atoms with Crippen LogP contribution >= 0.6 is 0 Å². The topological polar surface area (TPSA) is 94.4 Å². The maximum atomic E-state index is 6.44. The van der Waals surface area contributed by atoms with E-state index in [-0.39, 0.29) is 0 Å². The van der Waals surface area contributed by atoms with Crippen LogP contribution in [0.1, 0.15) is 47.4 Å². The summed E-state index contributed by atoms with van der Waals surface area (Å²) >= 11 is 0. The minimum Gasteiger partial charge on any atom is -0.455 e. The van der Waals surface area contributed by atoms with Crippen LogP contribution in [0.25, 0.3) is 22.9 Å². The van der Waals surface area contributed by atoms with E-state index in [4.69, 9.17) is 9.72 Å². The van der Waals surface area contributed by atoms with E-state index < -0.39 is 0 Å². The van der Waals surface area contributed by atoms with Crippen molar-refractivity contribution in [1.29, 1.82) is 0 Å². The Morgan fingerprint density at radius 1 is 1.09 bits per heavy atom. The average Bonchev–Trinajstić information content (AvgIpc) is 3.45. The third-order valence-electron chi connectivity index (χ3n) is 6.03. The smallest absolute Gasteiger partial charge is 0.175 e. The van der Waals surface area contributed by atoms with E-state index in [0.29, 0.717) is 11.6 Å². The Balaban J connectivity index is 1.40. The van der Waals surface area contributed by atoms with Crippen molar-refractivity contribution in [1.82, 2.24) is 35.2 Å². The molecule has 8 nitrogen and oxygen atoms in total. The number of nitrogens with zero attached hydrogens (tertiary/aromatic N) is 6. The number of para-hydroxylation sites is 2. The van der Waals surface area contributed by atoms with Crippen molar-refractivity contribution < 1.29 is 4.74 Å². The van der Waals surface area contributed by atoms with Crippen molar-refractivity contribution in [3.05, 3.63) is 94.8 Å². The normalized spacial score (nSPS) is 14.0. The number of aromatic nitrogens is 7. The lowest BCUT2D eigenvalue weighted by molar-refractivity contribution is 0.512. The monoisotopic (exact) mass is 449 g/mol. The van der Waals surface area contributed by atoms with Crippen LogP contribution < -0.4 is 4.74 Å². The zero-order valence-corrected chi connectivity index (χ0v) is 18.8. The Bertz CT molecular complexity index is 1500. The summed E-state index contributed by atoms with van der Waals surface area (Å²) in [7, 11) is 0. The molecule has 0 saturated carbocycles. The highest BCUT2D eigenvalue weighted by Crippen LogP contribution is 2.34. The van der Waals surface area contributed by atoms with Crippen LogP contribution in [0.5, 0.6) is 5.75 Å².